The molecule has 2 unspecified atom stereocenters. The van der Waals surface area contributed by atoms with Crippen molar-refractivity contribution in [3.05, 3.63) is 22.4 Å². The van der Waals surface area contributed by atoms with Crippen LogP contribution in [0.1, 0.15) is 56.4 Å². The SMILES string of the molecule is CC1CC2CCC(C1)N2CC[C@H](NC(=O)CC1=NNNN1)c1cccs1. The molecule has 2 fully saturated rings. The highest BCUT2D eigenvalue weighted by atomic mass is 32.1. The number of carbonyl (C=O) groups excluding carboxylic acids is 1. The molecule has 26 heavy (non-hydrogen) atoms. The molecule has 4 N–H and O–H groups in total. The van der Waals surface area contributed by atoms with E-state index in [2.05, 4.69) is 56.3 Å². The fourth-order valence-electron chi connectivity index (χ4n) is 4.67. The average molecular weight is 377 g/mol. The molecule has 1 amide bonds. The minimum absolute atomic E-state index is 0.00427. The minimum atomic E-state index is -0.00427. The fourth-order valence-corrected chi connectivity index (χ4v) is 5.48. The van der Waals surface area contributed by atoms with Crippen molar-refractivity contribution < 1.29 is 4.79 Å². The molecular formula is C18H28N6OS. The van der Waals surface area contributed by atoms with Gasteiger partial charge in [0, 0.05) is 23.5 Å². The number of amidine groups is 1. The molecule has 7 nitrogen and oxygen atoms in total. The van der Waals surface area contributed by atoms with Crippen molar-refractivity contribution in [2.45, 2.75) is 63.6 Å². The molecule has 8 heteroatoms. The first kappa shape index (κ1) is 17.8. The highest BCUT2D eigenvalue weighted by Crippen LogP contribution is 2.39. The maximum atomic E-state index is 12.4. The lowest BCUT2D eigenvalue weighted by Gasteiger charge is -2.38. The third-order valence-corrected chi connectivity index (χ3v) is 6.79. The summed E-state index contributed by atoms with van der Waals surface area (Å²) in [5.74, 6) is 1.46. The van der Waals surface area contributed by atoms with Gasteiger partial charge in [-0.2, -0.15) is 0 Å². The second kappa shape index (κ2) is 7.94. The van der Waals surface area contributed by atoms with E-state index in [0.717, 1.165) is 31.0 Å². The van der Waals surface area contributed by atoms with Gasteiger partial charge < -0.3 is 5.32 Å². The minimum Gasteiger partial charge on any atom is -0.348 e. The first-order valence-electron chi connectivity index (χ1n) is 9.60. The lowest BCUT2D eigenvalue weighted by atomic mass is 9.92. The summed E-state index contributed by atoms with van der Waals surface area (Å²) < 4.78 is 0. The quantitative estimate of drug-likeness (QED) is 0.584. The van der Waals surface area contributed by atoms with E-state index in [1.165, 1.54) is 30.6 Å². The molecule has 0 saturated carbocycles. The van der Waals surface area contributed by atoms with Crippen molar-refractivity contribution in [1.82, 2.24) is 26.7 Å². The summed E-state index contributed by atoms with van der Waals surface area (Å²) in [7, 11) is 0. The maximum Gasteiger partial charge on any atom is 0.228 e. The number of carbonyl (C=O) groups is 1. The standard InChI is InChI=1S/C18H28N6OS/c1-12-9-13-4-5-14(10-12)24(13)7-6-15(16-3-2-8-26-16)19-18(25)11-17-20-22-23-21-17/h2-3,8,12-15,22-23H,4-7,9-11H2,1H3,(H,19,25)(H,20,21)/t12?,13?,14?,15-/m0/s1. The molecule has 142 valence electrons. The molecule has 4 rings (SSSR count). The number of fused-ring (bicyclic) bond motifs is 2. The average Bonchev–Trinajstić information content (AvgIpc) is 3.34. The van der Waals surface area contributed by atoms with E-state index in [1.54, 1.807) is 11.3 Å². The molecular weight excluding hydrogens is 348 g/mol. The van der Waals surface area contributed by atoms with Gasteiger partial charge in [-0.05, 0) is 49.5 Å². The topological polar surface area (TPSA) is 80.8 Å². The fraction of sp³-hybridized carbons (Fsp3) is 0.667. The number of hydrazone groups is 1. The Morgan fingerprint density at radius 2 is 2.23 bits per heavy atom. The van der Waals surface area contributed by atoms with Crippen molar-refractivity contribution in [3.8, 4) is 0 Å². The summed E-state index contributed by atoms with van der Waals surface area (Å²) in [6.45, 7) is 3.45. The van der Waals surface area contributed by atoms with Crippen LogP contribution >= 0.6 is 11.3 Å². The van der Waals surface area contributed by atoms with Crippen molar-refractivity contribution in [2.75, 3.05) is 6.54 Å². The molecule has 1 aromatic heterocycles. The van der Waals surface area contributed by atoms with E-state index in [9.17, 15) is 4.79 Å². The number of hydrogen-bond acceptors (Lipinski definition) is 7. The first-order chi connectivity index (χ1) is 12.7. The molecule has 3 atom stereocenters. The summed E-state index contributed by atoms with van der Waals surface area (Å²) in [5.41, 5.74) is 8.07. The third kappa shape index (κ3) is 4.02. The van der Waals surface area contributed by atoms with Crippen LogP contribution in [-0.2, 0) is 4.79 Å². The number of nitrogens with zero attached hydrogens (tertiary/aromatic N) is 2. The molecule has 3 aliphatic heterocycles. The van der Waals surface area contributed by atoms with Crippen LogP contribution in [0.15, 0.2) is 22.6 Å². The zero-order valence-electron chi connectivity index (χ0n) is 15.2. The van der Waals surface area contributed by atoms with Gasteiger partial charge >= 0.3 is 0 Å². The summed E-state index contributed by atoms with van der Waals surface area (Å²) in [6.07, 6.45) is 6.56. The van der Waals surface area contributed by atoms with Crippen LogP contribution in [0.5, 0.6) is 0 Å². The molecule has 0 aromatic carbocycles. The van der Waals surface area contributed by atoms with Crippen LogP contribution in [0.4, 0.5) is 0 Å². The van der Waals surface area contributed by atoms with E-state index in [0.29, 0.717) is 5.84 Å². The number of hydrazine groups is 2. The molecule has 2 bridgehead atoms. The van der Waals surface area contributed by atoms with Gasteiger partial charge in [-0.15, -0.1) is 22.0 Å². The van der Waals surface area contributed by atoms with Crippen LogP contribution in [0.2, 0.25) is 0 Å². The zero-order valence-corrected chi connectivity index (χ0v) is 16.0. The molecule has 1 aromatic rings. The van der Waals surface area contributed by atoms with E-state index in [-0.39, 0.29) is 18.4 Å². The molecule has 3 aliphatic rings. The van der Waals surface area contributed by atoms with Gasteiger partial charge in [0.25, 0.3) is 0 Å². The Hall–Kier alpha value is -1.64. The summed E-state index contributed by atoms with van der Waals surface area (Å²) in [4.78, 5) is 16.4. The maximum absolute atomic E-state index is 12.4. The number of piperidine rings is 1. The van der Waals surface area contributed by atoms with E-state index in [4.69, 9.17) is 0 Å². The van der Waals surface area contributed by atoms with Gasteiger partial charge in [0.15, 0.2) is 0 Å². The second-order valence-electron chi connectivity index (χ2n) is 7.72. The van der Waals surface area contributed by atoms with Gasteiger partial charge in [-0.25, -0.2) is 5.53 Å². The molecule has 0 spiro atoms. The van der Waals surface area contributed by atoms with Gasteiger partial charge in [0.1, 0.15) is 5.84 Å². The lowest BCUT2D eigenvalue weighted by Crippen LogP contribution is -2.44. The Morgan fingerprint density at radius 3 is 2.88 bits per heavy atom. The van der Waals surface area contributed by atoms with Crippen molar-refractivity contribution in [3.63, 3.8) is 0 Å². The smallest absolute Gasteiger partial charge is 0.228 e. The third-order valence-electron chi connectivity index (χ3n) is 5.80. The van der Waals surface area contributed by atoms with Crippen LogP contribution in [0, 0.1) is 5.92 Å². The van der Waals surface area contributed by atoms with Gasteiger partial charge in [0.05, 0.1) is 12.5 Å². The monoisotopic (exact) mass is 376 g/mol. The Labute approximate surface area is 158 Å². The predicted molar refractivity (Wildman–Crippen MR) is 103 cm³/mol. The first-order valence-corrected chi connectivity index (χ1v) is 10.5. The van der Waals surface area contributed by atoms with Crippen molar-refractivity contribution >= 4 is 23.1 Å². The number of amides is 1. The van der Waals surface area contributed by atoms with Crippen molar-refractivity contribution in [2.24, 2.45) is 11.0 Å². The summed E-state index contributed by atoms with van der Waals surface area (Å²) >= 11 is 1.72. The molecule has 0 aliphatic carbocycles. The number of hydrogen-bond donors (Lipinski definition) is 4. The lowest BCUT2D eigenvalue weighted by molar-refractivity contribution is -0.120. The molecule has 4 heterocycles. The van der Waals surface area contributed by atoms with Crippen molar-refractivity contribution in [1.29, 1.82) is 0 Å². The summed E-state index contributed by atoms with van der Waals surface area (Å²) in [6, 6.07) is 5.75. The Kier molecular flexibility index (Phi) is 5.42. The number of nitrogens with one attached hydrogen (secondary N) is 4. The van der Waals surface area contributed by atoms with E-state index in [1.807, 2.05) is 0 Å². The Morgan fingerprint density at radius 1 is 1.42 bits per heavy atom. The van der Waals surface area contributed by atoms with Crippen LogP contribution < -0.4 is 21.8 Å². The van der Waals surface area contributed by atoms with Crippen LogP contribution in [-0.4, -0.2) is 35.3 Å². The van der Waals surface area contributed by atoms with Crippen LogP contribution in [0.25, 0.3) is 0 Å². The van der Waals surface area contributed by atoms with E-state index >= 15 is 0 Å². The Bertz CT molecular complexity index is 634. The van der Waals surface area contributed by atoms with E-state index < -0.39 is 0 Å². The largest absolute Gasteiger partial charge is 0.348 e. The highest BCUT2D eigenvalue weighted by molar-refractivity contribution is 7.10. The second-order valence-corrected chi connectivity index (χ2v) is 8.70. The van der Waals surface area contributed by atoms with Gasteiger partial charge in [-0.1, -0.05) is 13.0 Å². The molecule has 2 saturated heterocycles. The Balaban J connectivity index is 1.36. The zero-order chi connectivity index (χ0) is 17.9. The van der Waals surface area contributed by atoms with Gasteiger partial charge in [-0.3, -0.25) is 15.1 Å². The summed E-state index contributed by atoms with van der Waals surface area (Å²) in [5, 5.41) is 9.27. The normalized spacial score (nSPS) is 29.0. The molecule has 0 radical (unpaired) electrons. The highest BCUT2D eigenvalue weighted by Gasteiger charge is 2.39. The van der Waals surface area contributed by atoms with Gasteiger partial charge in [0.2, 0.25) is 5.91 Å². The number of rotatable bonds is 7. The number of thiophene rings is 1. The predicted octanol–water partition coefficient (Wildman–Crippen LogP) is 1.87. The van der Waals surface area contributed by atoms with Crippen LogP contribution in [0.3, 0.4) is 0 Å².